The first-order valence-electron chi connectivity index (χ1n) is 5.55. The van der Waals surface area contributed by atoms with E-state index in [1.807, 2.05) is 35.0 Å². The van der Waals surface area contributed by atoms with E-state index in [2.05, 4.69) is 0 Å². The number of benzene rings is 1. The van der Waals surface area contributed by atoms with Gasteiger partial charge in [-0.05, 0) is 18.2 Å². The number of nitrogens with zero attached hydrogens (tertiary/aromatic N) is 1. The standard InChI is InChI=1S/C14H13NO3/c1-18-13-7-3-2-5-11(13)9-15-8-4-6-12(10-15)14(16)17/h2-8,10H,9H2,1H3/p+1. The molecule has 18 heavy (non-hydrogen) atoms. The average Bonchev–Trinajstić information content (AvgIpc) is 2.39. The number of pyridine rings is 1. The van der Waals surface area contributed by atoms with Gasteiger partial charge in [0.1, 0.15) is 11.3 Å². The highest BCUT2D eigenvalue weighted by Gasteiger charge is 2.11. The van der Waals surface area contributed by atoms with Crippen molar-refractivity contribution in [3.05, 3.63) is 59.9 Å². The molecule has 0 saturated carbocycles. The molecular formula is C14H14NO3+. The van der Waals surface area contributed by atoms with Crippen molar-refractivity contribution in [2.75, 3.05) is 7.11 Å². The molecule has 2 aromatic rings. The van der Waals surface area contributed by atoms with Gasteiger partial charge < -0.3 is 9.84 Å². The molecule has 0 aliphatic rings. The normalized spacial score (nSPS) is 10.1. The molecule has 1 aromatic heterocycles. The van der Waals surface area contributed by atoms with E-state index in [9.17, 15) is 4.79 Å². The number of aromatic nitrogens is 1. The summed E-state index contributed by atoms with van der Waals surface area (Å²) in [6, 6.07) is 11.0. The number of carbonyl (C=O) groups is 1. The monoisotopic (exact) mass is 244 g/mol. The van der Waals surface area contributed by atoms with Crippen molar-refractivity contribution in [1.29, 1.82) is 0 Å². The molecule has 1 aromatic carbocycles. The van der Waals surface area contributed by atoms with E-state index in [-0.39, 0.29) is 5.56 Å². The smallest absolute Gasteiger partial charge is 0.341 e. The molecule has 4 nitrogen and oxygen atoms in total. The number of rotatable bonds is 4. The van der Waals surface area contributed by atoms with Gasteiger partial charge in [0.15, 0.2) is 18.9 Å². The summed E-state index contributed by atoms with van der Waals surface area (Å²) in [6.07, 6.45) is 3.44. The van der Waals surface area contributed by atoms with Gasteiger partial charge in [0.25, 0.3) is 0 Å². The Morgan fingerprint density at radius 1 is 1.28 bits per heavy atom. The van der Waals surface area contributed by atoms with Gasteiger partial charge in [-0.25, -0.2) is 4.79 Å². The van der Waals surface area contributed by atoms with Crippen LogP contribution < -0.4 is 9.30 Å². The van der Waals surface area contributed by atoms with Crippen LogP contribution in [0, 0.1) is 0 Å². The van der Waals surface area contributed by atoms with Crippen molar-refractivity contribution in [3.63, 3.8) is 0 Å². The Morgan fingerprint density at radius 3 is 2.78 bits per heavy atom. The molecule has 4 heteroatoms. The van der Waals surface area contributed by atoms with Crippen LogP contribution in [0.25, 0.3) is 0 Å². The molecule has 0 fully saturated rings. The van der Waals surface area contributed by atoms with Gasteiger partial charge >= 0.3 is 5.97 Å². The summed E-state index contributed by atoms with van der Waals surface area (Å²) in [4.78, 5) is 10.9. The van der Waals surface area contributed by atoms with Crippen molar-refractivity contribution in [1.82, 2.24) is 0 Å². The molecule has 0 amide bonds. The number of hydrogen-bond acceptors (Lipinski definition) is 2. The van der Waals surface area contributed by atoms with Gasteiger partial charge in [-0.1, -0.05) is 12.1 Å². The Hall–Kier alpha value is -2.36. The highest BCUT2D eigenvalue weighted by Crippen LogP contribution is 2.16. The maximum absolute atomic E-state index is 10.9. The van der Waals surface area contributed by atoms with Crippen LogP contribution in [0.5, 0.6) is 5.75 Å². The van der Waals surface area contributed by atoms with Crippen molar-refractivity contribution < 1.29 is 19.2 Å². The van der Waals surface area contributed by atoms with Crippen LogP contribution in [0.3, 0.4) is 0 Å². The minimum absolute atomic E-state index is 0.271. The van der Waals surface area contributed by atoms with Crippen molar-refractivity contribution in [3.8, 4) is 5.75 Å². The Morgan fingerprint density at radius 2 is 2.06 bits per heavy atom. The van der Waals surface area contributed by atoms with Crippen LogP contribution in [0.2, 0.25) is 0 Å². The maximum Gasteiger partial charge on any atom is 0.341 e. The van der Waals surface area contributed by atoms with Crippen LogP contribution in [0.4, 0.5) is 0 Å². The van der Waals surface area contributed by atoms with Crippen LogP contribution in [-0.4, -0.2) is 18.2 Å². The Bertz CT molecular complexity index is 566. The van der Waals surface area contributed by atoms with E-state index in [1.165, 1.54) is 0 Å². The fraction of sp³-hybridized carbons (Fsp3) is 0.143. The number of aromatic carboxylic acids is 1. The molecule has 2 rings (SSSR count). The van der Waals surface area contributed by atoms with Gasteiger partial charge in [-0.15, -0.1) is 0 Å². The summed E-state index contributed by atoms with van der Waals surface area (Å²) >= 11 is 0. The third kappa shape index (κ3) is 2.66. The lowest BCUT2D eigenvalue weighted by atomic mass is 10.2. The van der Waals surface area contributed by atoms with Crippen LogP contribution in [0.1, 0.15) is 15.9 Å². The van der Waals surface area contributed by atoms with Crippen molar-refractivity contribution in [2.24, 2.45) is 0 Å². The minimum atomic E-state index is -0.927. The molecule has 0 unspecified atom stereocenters. The molecule has 0 spiro atoms. The Labute approximate surface area is 105 Å². The average molecular weight is 244 g/mol. The van der Waals surface area contributed by atoms with Gasteiger partial charge in [0.05, 0.1) is 12.7 Å². The molecule has 92 valence electrons. The molecule has 0 aliphatic heterocycles. The largest absolute Gasteiger partial charge is 0.496 e. The lowest BCUT2D eigenvalue weighted by Gasteiger charge is -2.05. The van der Waals surface area contributed by atoms with Crippen molar-refractivity contribution in [2.45, 2.75) is 6.54 Å². The number of methoxy groups -OCH3 is 1. The number of carboxylic acid groups (broad SMARTS) is 1. The fourth-order valence-electron chi connectivity index (χ4n) is 1.78. The second-order valence-corrected chi connectivity index (χ2v) is 3.88. The first-order chi connectivity index (χ1) is 8.70. The van der Waals surface area contributed by atoms with E-state index in [0.717, 1.165) is 11.3 Å². The summed E-state index contributed by atoms with van der Waals surface area (Å²) in [5.74, 6) is -0.130. The van der Waals surface area contributed by atoms with Crippen LogP contribution >= 0.6 is 0 Å². The van der Waals surface area contributed by atoms with E-state index < -0.39 is 5.97 Å². The highest BCUT2D eigenvalue weighted by molar-refractivity contribution is 5.86. The van der Waals surface area contributed by atoms with Gasteiger partial charge in [-0.2, -0.15) is 4.57 Å². The second kappa shape index (κ2) is 5.31. The zero-order valence-electron chi connectivity index (χ0n) is 10.0. The lowest BCUT2D eigenvalue weighted by Crippen LogP contribution is -2.34. The summed E-state index contributed by atoms with van der Waals surface area (Å²) < 4.78 is 7.09. The molecule has 1 N–H and O–H groups in total. The molecule has 0 saturated heterocycles. The Balaban J connectivity index is 2.28. The lowest BCUT2D eigenvalue weighted by molar-refractivity contribution is -0.688. The second-order valence-electron chi connectivity index (χ2n) is 3.88. The maximum atomic E-state index is 10.9. The summed E-state index contributed by atoms with van der Waals surface area (Å²) in [6.45, 7) is 0.575. The predicted octanol–water partition coefficient (Wildman–Crippen LogP) is 1.73. The van der Waals surface area contributed by atoms with Crippen LogP contribution in [0.15, 0.2) is 48.8 Å². The number of hydrogen-bond donors (Lipinski definition) is 1. The molecule has 0 radical (unpaired) electrons. The third-order valence-electron chi connectivity index (χ3n) is 2.65. The molecule has 0 atom stereocenters. The quantitative estimate of drug-likeness (QED) is 0.833. The van der Waals surface area contributed by atoms with E-state index >= 15 is 0 Å². The van der Waals surface area contributed by atoms with E-state index in [0.29, 0.717) is 6.54 Å². The van der Waals surface area contributed by atoms with E-state index in [1.54, 1.807) is 25.4 Å². The van der Waals surface area contributed by atoms with Gasteiger partial charge in [-0.3, -0.25) is 0 Å². The number of carboxylic acids is 1. The number of ether oxygens (including phenoxy) is 1. The third-order valence-corrected chi connectivity index (χ3v) is 2.65. The van der Waals surface area contributed by atoms with Crippen LogP contribution in [-0.2, 0) is 6.54 Å². The minimum Gasteiger partial charge on any atom is -0.496 e. The predicted molar refractivity (Wildman–Crippen MR) is 65.7 cm³/mol. The first-order valence-corrected chi connectivity index (χ1v) is 5.55. The summed E-state index contributed by atoms with van der Waals surface area (Å²) in [5, 5.41) is 8.94. The number of para-hydroxylation sites is 1. The topological polar surface area (TPSA) is 50.4 Å². The highest BCUT2D eigenvalue weighted by atomic mass is 16.5. The van der Waals surface area contributed by atoms with Gasteiger partial charge in [0.2, 0.25) is 0 Å². The zero-order valence-corrected chi connectivity index (χ0v) is 10.0. The summed E-state index contributed by atoms with van der Waals surface area (Å²) in [5.41, 5.74) is 1.28. The molecule has 1 heterocycles. The molecule has 0 aliphatic carbocycles. The summed E-state index contributed by atoms with van der Waals surface area (Å²) in [7, 11) is 1.62. The van der Waals surface area contributed by atoms with E-state index in [4.69, 9.17) is 9.84 Å². The zero-order chi connectivity index (χ0) is 13.0. The Kier molecular flexibility index (Phi) is 3.57. The first kappa shape index (κ1) is 12.1. The SMILES string of the molecule is COc1ccccc1C[n+]1cccc(C(=O)O)c1. The molecule has 0 bridgehead atoms. The van der Waals surface area contributed by atoms with Crippen molar-refractivity contribution >= 4 is 5.97 Å². The molecular weight excluding hydrogens is 230 g/mol. The van der Waals surface area contributed by atoms with Gasteiger partial charge in [0, 0.05) is 6.07 Å². The fourth-order valence-corrected chi connectivity index (χ4v) is 1.78.